The van der Waals surface area contributed by atoms with Crippen LogP contribution in [0.15, 0.2) is 22.7 Å². The standard InChI is InChI=1S/C13H19BrN2O.ClH/c1-10-8-15-5-6-16(10)9-11-7-12(14)3-4-13(11)17-2;/h3-4,7,10,15H,5-6,8-9H2,1-2H3;1H/t10-;/m0./s1. The molecule has 1 aromatic carbocycles. The Morgan fingerprint density at radius 3 is 2.94 bits per heavy atom. The lowest BCUT2D eigenvalue weighted by atomic mass is 10.1. The lowest BCUT2D eigenvalue weighted by molar-refractivity contribution is 0.164. The first kappa shape index (κ1) is 15.8. The molecule has 102 valence electrons. The van der Waals surface area contributed by atoms with Crippen LogP contribution in [-0.2, 0) is 6.54 Å². The van der Waals surface area contributed by atoms with E-state index in [1.807, 2.05) is 12.1 Å². The highest BCUT2D eigenvalue weighted by molar-refractivity contribution is 9.10. The number of nitrogens with one attached hydrogen (secondary N) is 1. The third-order valence-electron chi connectivity index (χ3n) is 3.25. The first-order valence-corrected chi connectivity index (χ1v) is 6.77. The van der Waals surface area contributed by atoms with Crippen LogP contribution in [0.2, 0.25) is 0 Å². The second-order valence-electron chi connectivity index (χ2n) is 4.48. The summed E-state index contributed by atoms with van der Waals surface area (Å²) in [5.41, 5.74) is 1.25. The first-order chi connectivity index (χ1) is 8.20. The molecule has 5 heteroatoms. The Hall–Kier alpha value is -0.290. The number of methoxy groups -OCH3 is 1. The highest BCUT2D eigenvalue weighted by Crippen LogP contribution is 2.25. The molecule has 0 spiro atoms. The van der Waals surface area contributed by atoms with Crippen molar-refractivity contribution in [3.05, 3.63) is 28.2 Å². The minimum atomic E-state index is 0. The molecule has 2 rings (SSSR count). The normalized spacial score (nSPS) is 20.3. The molecule has 18 heavy (non-hydrogen) atoms. The predicted octanol–water partition coefficient (Wildman–Crippen LogP) is 2.67. The van der Waals surface area contributed by atoms with Crippen molar-refractivity contribution in [2.45, 2.75) is 19.5 Å². The summed E-state index contributed by atoms with van der Waals surface area (Å²) in [6.07, 6.45) is 0. The van der Waals surface area contributed by atoms with Crippen molar-refractivity contribution in [3.63, 3.8) is 0 Å². The SMILES string of the molecule is COc1ccc(Br)cc1CN1CCNC[C@@H]1C.Cl. The smallest absolute Gasteiger partial charge is 0.123 e. The maximum absolute atomic E-state index is 5.41. The average Bonchev–Trinajstić information content (AvgIpc) is 2.32. The van der Waals surface area contributed by atoms with Crippen LogP contribution >= 0.6 is 28.3 Å². The number of benzene rings is 1. The number of ether oxygens (including phenoxy) is 1. The third kappa shape index (κ3) is 3.85. The second-order valence-corrected chi connectivity index (χ2v) is 5.40. The summed E-state index contributed by atoms with van der Waals surface area (Å²) in [5, 5.41) is 3.41. The van der Waals surface area contributed by atoms with E-state index < -0.39 is 0 Å². The van der Waals surface area contributed by atoms with E-state index in [1.165, 1.54) is 5.56 Å². The van der Waals surface area contributed by atoms with E-state index >= 15 is 0 Å². The maximum atomic E-state index is 5.41. The van der Waals surface area contributed by atoms with Crippen molar-refractivity contribution >= 4 is 28.3 Å². The zero-order valence-corrected chi connectivity index (χ0v) is 13.2. The molecule has 0 aliphatic carbocycles. The Morgan fingerprint density at radius 1 is 1.50 bits per heavy atom. The summed E-state index contributed by atoms with van der Waals surface area (Å²) in [6.45, 7) is 6.44. The van der Waals surface area contributed by atoms with Gasteiger partial charge >= 0.3 is 0 Å². The molecule has 0 amide bonds. The van der Waals surface area contributed by atoms with Crippen LogP contribution < -0.4 is 10.1 Å². The number of halogens is 2. The van der Waals surface area contributed by atoms with Crippen molar-refractivity contribution in [1.82, 2.24) is 10.2 Å². The predicted molar refractivity (Wildman–Crippen MR) is 80.7 cm³/mol. The summed E-state index contributed by atoms with van der Waals surface area (Å²) in [5.74, 6) is 0.971. The number of rotatable bonds is 3. The van der Waals surface area contributed by atoms with E-state index in [9.17, 15) is 0 Å². The van der Waals surface area contributed by atoms with Gasteiger partial charge in [-0.2, -0.15) is 0 Å². The van der Waals surface area contributed by atoms with Crippen molar-refractivity contribution in [2.24, 2.45) is 0 Å². The number of hydrogen-bond acceptors (Lipinski definition) is 3. The van der Waals surface area contributed by atoms with E-state index in [0.29, 0.717) is 6.04 Å². The highest BCUT2D eigenvalue weighted by Gasteiger charge is 2.19. The molecule has 1 aliphatic heterocycles. The number of piperazine rings is 1. The number of nitrogens with zero attached hydrogens (tertiary/aromatic N) is 1. The highest BCUT2D eigenvalue weighted by atomic mass is 79.9. The zero-order chi connectivity index (χ0) is 12.3. The Labute approximate surface area is 123 Å². The molecular formula is C13H20BrClN2O. The lowest BCUT2D eigenvalue weighted by Crippen LogP contribution is -2.49. The lowest BCUT2D eigenvalue weighted by Gasteiger charge is -2.34. The van der Waals surface area contributed by atoms with Gasteiger partial charge in [-0.3, -0.25) is 4.90 Å². The molecule has 1 aromatic rings. The van der Waals surface area contributed by atoms with Gasteiger partial charge in [0.1, 0.15) is 5.75 Å². The van der Waals surface area contributed by atoms with Crippen LogP contribution in [-0.4, -0.2) is 37.7 Å². The van der Waals surface area contributed by atoms with Gasteiger partial charge in [0.15, 0.2) is 0 Å². The topological polar surface area (TPSA) is 24.5 Å². The minimum absolute atomic E-state index is 0. The van der Waals surface area contributed by atoms with Crippen LogP contribution in [0.25, 0.3) is 0 Å². The van der Waals surface area contributed by atoms with Crippen LogP contribution in [0, 0.1) is 0 Å². The molecule has 1 atom stereocenters. The average molecular weight is 336 g/mol. The van der Waals surface area contributed by atoms with E-state index in [1.54, 1.807) is 7.11 Å². The number of hydrogen-bond donors (Lipinski definition) is 1. The quantitative estimate of drug-likeness (QED) is 0.919. The van der Waals surface area contributed by atoms with Gasteiger partial charge in [-0.1, -0.05) is 15.9 Å². The van der Waals surface area contributed by atoms with E-state index in [4.69, 9.17) is 4.74 Å². The third-order valence-corrected chi connectivity index (χ3v) is 3.75. The van der Waals surface area contributed by atoms with Gasteiger partial charge < -0.3 is 10.1 Å². The molecule has 1 saturated heterocycles. The molecular weight excluding hydrogens is 316 g/mol. The molecule has 1 N–H and O–H groups in total. The zero-order valence-electron chi connectivity index (χ0n) is 10.8. The van der Waals surface area contributed by atoms with Gasteiger partial charge in [0.05, 0.1) is 7.11 Å². The summed E-state index contributed by atoms with van der Waals surface area (Å²) < 4.78 is 6.52. The second kappa shape index (κ2) is 7.34. The van der Waals surface area contributed by atoms with E-state index in [0.717, 1.165) is 36.4 Å². The Balaban J connectivity index is 0.00000162. The molecule has 1 aliphatic rings. The van der Waals surface area contributed by atoms with Crippen molar-refractivity contribution in [1.29, 1.82) is 0 Å². The van der Waals surface area contributed by atoms with E-state index in [-0.39, 0.29) is 12.4 Å². The van der Waals surface area contributed by atoms with Crippen LogP contribution in [0.1, 0.15) is 12.5 Å². The molecule has 1 heterocycles. The maximum Gasteiger partial charge on any atom is 0.123 e. The molecule has 0 saturated carbocycles. The largest absolute Gasteiger partial charge is 0.496 e. The molecule has 0 aromatic heterocycles. The fourth-order valence-corrected chi connectivity index (χ4v) is 2.62. The van der Waals surface area contributed by atoms with Crippen LogP contribution in [0.4, 0.5) is 0 Å². The summed E-state index contributed by atoms with van der Waals surface area (Å²) >= 11 is 3.52. The van der Waals surface area contributed by atoms with Gasteiger partial charge in [-0.25, -0.2) is 0 Å². The minimum Gasteiger partial charge on any atom is -0.496 e. The molecule has 0 unspecified atom stereocenters. The van der Waals surface area contributed by atoms with Crippen LogP contribution in [0.3, 0.4) is 0 Å². The molecule has 1 fully saturated rings. The van der Waals surface area contributed by atoms with Crippen molar-refractivity contribution in [2.75, 3.05) is 26.7 Å². The van der Waals surface area contributed by atoms with Gasteiger partial charge in [-0.15, -0.1) is 12.4 Å². The summed E-state index contributed by atoms with van der Waals surface area (Å²) in [7, 11) is 1.73. The van der Waals surface area contributed by atoms with Gasteiger partial charge in [0, 0.05) is 42.3 Å². The monoisotopic (exact) mass is 334 g/mol. The van der Waals surface area contributed by atoms with Crippen LogP contribution in [0.5, 0.6) is 5.75 Å². The van der Waals surface area contributed by atoms with Gasteiger partial charge in [0.25, 0.3) is 0 Å². The molecule has 3 nitrogen and oxygen atoms in total. The van der Waals surface area contributed by atoms with Gasteiger partial charge in [-0.05, 0) is 25.1 Å². The first-order valence-electron chi connectivity index (χ1n) is 5.98. The Kier molecular flexibility index (Phi) is 6.43. The fraction of sp³-hybridized carbons (Fsp3) is 0.538. The van der Waals surface area contributed by atoms with Gasteiger partial charge in [0.2, 0.25) is 0 Å². The summed E-state index contributed by atoms with van der Waals surface area (Å²) in [6, 6.07) is 6.76. The fourth-order valence-electron chi connectivity index (χ4n) is 2.21. The van der Waals surface area contributed by atoms with Crippen molar-refractivity contribution in [3.8, 4) is 5.75 Å². The Morgan fingerprint density at radius 2 is 2.28 bits per heavy atom. The molecule has 0 radical (unpaired) electrons. The van der Waals surface area contributed by atoms with Crippen molar-refractivity contribution < 1.29 is 4.74 Å². The Bertz CT molecular complexity index is 389. The summed E-state index contributed by atoms with van der Waals surface area (Å²) in [4.78, 5) is 2.49. The van der Waals surface area contributed by atoms with E-state index in [2.05, 4.69) is 39.1 Å². The molecule has 0 bridgehead atoms.